The van der Waals surface area contributed by atoms with Gasteiger partial charge in [0.25, 0.3) is 5.91 Å². The molecule has 0 N–H and O–H groups in total. The Labute approximate surface area is 229 Å². The minimum Gasteiger partial charge on any atom is -0.305 e. The van der Waals surface area contributed by atoms with Crippen molar-refractivity contribution in [3.63, 3.8) is 0 Å². The predicted molar refractivity (Wildman–Crippen MR) is 136 cm³/mol. The van der Waals surface area contributed by atoms with Crippen molar-refractivity contribution in [2.45, 2.75) is 44.7 Å². The van der Waals surface area contributed by atoms with Crippen LogP contribution < -0.4 is 9.80 Å². The lowest BCUT2D eigenvalue weighted by molar-refractivity contribution is -0.143. The second kappa shape index (κ2) is 10.4. The minimum absolute atomic E-state index is 0.0307. The van der Waals surface area contributed by atoms with Gasteiger partial charge in [-0.3, -0.25) is 9.59 Å². The van der Waals surface area contributed by atoms with Crippen LogP contribution in [-0.4, -0.2) is 17.9 Å². The molecule has 0 bridgehead atoms. The molecule has 1 aliphatic rings. The van der Waals surface area contributed by atoms with Gasteiger partial charge in [-0.15, -0.1) is 0 Å². The zero-order chi connectivity index (χ0) is 28.9. The number of fused-ring (bicyclic) bond motifs is 1. The summed E-state index contributed by atoms with van der Waals surface area (Å²) in [6.45, 7) is 2.95. The molecule has 0 fully saturated rings. The number of hydrogen-bond acceptors (Lipinski definition) is 2. The van der Waals surface area contributed by atoms with Crippen molar-refractivity contribution in [2.75, 3.05) is 9.80 Å². The lowest BCUT2D eigenvalue weighted by Crippen LogP contribution is -2.47. The molecule has 12 heteroatoms. The fourth-order valence-corrected chi connectivity index (χ4v) is 5.07. The van der Waals surface area contributed by atoms with Crippen molar-refractivity contribution in [2.24, 2.45) is 0 Å². The van der Waals surface area contributed by atoms with Crippen LogP contribution in [0.3, 0.4) is 0 Å². The molecule has 4 nitrogen and oxygen atoms in total. The van der Waals surface area contributed by atoms with Gasteiger partial charge in [-0.1, -0.05) is 23.2 Å². The van der Waals surface area contributed by atoms with Crippen LogP contribution in [0.2, 0.25) is 10.0 Å². The van der Waals surface area contributed by atoms with Crippen LogP contribution in [0.1, 0.15) is 53.4 Å². The average molecular weight is 589 g/mol. The number of hydrogen-bond donors (Lipinski definition) is 0. The summed E-state index contributed by atoms with van der Waals surface area (Å²) in [6.07, 6.45) is -10.1. The van der Waals surface area contributed by atoms with E-state index in [-0.39, 0.29) is 29.1 Å². The highest BCUT2D eigenvalue weighted by molar-refractivity contribution is 6.31. The van der Waals surface area contributed by atoms with E-state index in [0.717, 1.165) is 4.90 Å². The van der Waals surface area contributed by atoms with Gasteiger partial charge in [0.2, 0.25) is 5.91 Å². The van der Waals surface area contributed by atoms with E-state index < -0.39 is 47.0 Å². The normalized spacial score (nSPS) is 17.5. The summed E-state index contributed by atoms with van der Waals surface area (Å²) in [7, 11) is 0. The quantitative estimate of drug-likeness (QED) is 0.287. The zero-order valence-electron chi connectivity index (χ0n) is 20.4. The maximum atomic E-state index is 13.6. The summed E-state index contributed by atoms with van der Waals surface area (Å²) in [6, 6.07) is 10.3. The van der Waals surface area contributed by atoms with Gasteiger partial charge >= 0.3 is 12.4 Å². The number of halogens is 8. The summed E-state index contributed by atoms with van der Waals surface area (Å²) in [5.41, 5.74) is -2.84. The molecule has 4 rings (SSSR count). The molecule has 2 atom stereocenters. The Bertz CT molecular complexity index is 1390. The maximum absolute atomic E-state index is 13.6. The van der Waals surface area contributed by atoms with E-state index in [0.29, 0.717) is 28.4 Å². The van der Waals surface area contributed by atoms with Crippen LogP contribution in [0.4, 0.5) is 37.7 Å². The Morgan fingerprint density at radius 1 is 0.846 bits per heavy atom. The summed E-state index contributed by atoms with van der Waals surface area (Å²) in [5.74, 6) is -1.39. The lowest BCUT2D eigenvalue weighted by Gasteiger charge is -2.43. The fraction of sp³-hybridized carbons (Fsp3) is 0.259. The molecule has 2 unspecified atom stereocenters. The molecule has 1 heterocycles. The molecular weight excluding hydrogens is 569 g/mol. The summed E-state index contributed by atoms with van der Waals surface area (Å²) in [4.78, 5) is 29.0. The van der Waals surface area contributed by atoms with Gasteiger partial charge in [0, 0.05) is 45.5 Å². The first-order chi connectivity index (χ1) is 18.1. The number of benzene rings is 3. The van der Waals surface area contributed by atoms with Crippen LogP contribution >= 0.6 is 23.2 Å². The second-order valence-electron chi connectivity index (χ2n) is 9.14. The highest BCUT2D eigenvalue weighted by Gasteiger charge is 2.41. The number of amides is 2. The SMILES string of the molecule is CC(=O)N(c1ccc(Cl)cc1)C1CC(C)N(C(=O)c2cc(C(F)(F)F)cc(C(F)(F)F)c2)c2ccc(Cl)cc21. The predicted octanol–water partition coefficient (Wildman–Crippen LogP) is 8.56. The molecule has 3 aromatic rings. The van der Waals surface area contributed by atoms with Crippen molar-refractivity contribution < 1.29 is 35.9 Å². The molecule has 206 valence electrons. The van der Waals surface area contributed by atoms with E-state index in [1.54, 1.807) is 31.2 Å². The highest BCUT2D eigenvalue weighted by atomic mass is 35.5. The largest absolute Gasteiger partial charge is 0.416 e. The molecule has 0 aromatic heterocycles. The Balaban J connectivity index is 1.85. The van der Waals surface area contributed by atoms with Gasteiger partial charge in [0.1, 0.15) is 0 Å². The van der Waals surface area contributed by atoms with Crippen LogP contribution in [0, 0.1) is 0 Å². The molecule has 0 saturated heterocycles. The fourth-order valence-electron chi connectivity index (χ4n) is 4.76. The van der Waals surface area contributed by atoms with Gasteiger partial charge in [-0.25, -0.2) is 0 Å². The molecule has 0 radical (unpaired) electrons. The van der Waals surface area contributed by atoms with Crippen LogP contribution in [0.5, 0.6) is 0 Å². The first kappa shape index (κ1) is 28.8. The lowest BCUT2D eigenvalue weighted by atomic mass is 9.89. The van der Waals surface area contributed by atoms with Crippen LogP contribution in [-0.2, 0) is 17.1 Å². The number of carbonyl (C=O) groups is 2. The molecule has 3 aromatic carbocycles. The van der Waals surface area contributed by atoms with E-state index >= 15 is 0 Å². The van der Waals surface area contributed by atoms with Gasteiger partial charge in [0.15, 0.2) is 0 Å². The monoisotopic (exact) mass is 588 g/mol. The van der Waals surface area contributed by atoms with Gasteiger partial charge in [-0.05, 0) is 74.0 Å². The van der Waals surface area contributed by atoms with E-state index in [9.17, 15) is 35.9 Å². The van der Waals surface area contributed by atoms with Crippen molar-refractivity contribution in [3.8, 4) is 0 Å². The van der Waals surface area contributed by atoms with Crippen molar-refractivity contribution in [1.29, 1.82) is 0 Å². The number of nitrogens with zero attached hydrogens (tertiary/aromatic N) is 2. The van der Waals surface area contributed by atoms with Crippen LogP contribution in [0.25, 0.3) is 0 Å². The van der Waals surface area contributed by atoms with E-state index in [1.165, 1.54) is 30.0 Å². The van der Waals surface area contributed by atoms with E-state index in [4.69, 9.17) is 23.2 Å². The molecule has 39 heavy (non-hydrogen) atoms. The third-order valence-electron chi connectivity index (χ3n) is 6.42. The first-order valence-corrected chi connectivity index (χ1v) is 12.3. The zero-order valence-corrected chi connectivity index (χ0v) is 21.9. The maximum Gasteiger partial charge on any atom is 0.416 e. The standard InChI is InChI=1S/C27H20Cl2F6N2O2/c1-14-9-24(37(15(2)38)21-6-3-19(28)4-7-21)22-13-20(29)5-8-23(22)36(14)25(39)16-10-17(26(30,31)32)12-18(11-16)27(33,34)35/h3-8,10-14,24H,9H2,1-2H3. The van der Waals surface area contributed by atoms with Gasteiger partial charge in [0.05, 0.1) is 17.2 Å². The number of alkyl halides is 6. The highest BCUT2D eigenvalue weighted by Crippen LogP contribution is 2.45. The Hall–Kier alpha value is -3.24. The first-order valence-electron chi connectivity index (χ1n) is 11.6. The van der Waals surface area contributed by atoms with Crippen molar-refractivity contribution in [1.82, 2.24) is 0 Å². The molecule has 0 spiro atoms. The van der Waals surface area contributed by atoms with Crippen molar-refractivity contribution in [3.05, 3.63) is 93.0 Å². The third kappa shape index (κ3) is 5.86. The summed E-state index contributed by atoms with van der Waals surface area (Å²) in [5, 5.41) is 0.706. The Morgan fingerprint density at radius 3 is 1.90 bits per heavy atom. The average Bonchev–Trinajstić information content (AvgIpc) is 2.84. The molecule has 0 aliphatic carbocycles. The topological polar surface area (TPSA) is 40.6 Å². The van der Waals surface area contributed by atoms with Gasteiger partial charge in [-0.2, -0.15) is 26.3 Å². The van der Waals surface area contributed by atoms with E-state index in [1.807, 2.05) is 0 Å². The van der Waals surface area contributed by atoms with Crippen molar-refractivity contribution >= 4 is 46.4 Å². The van der Waals surface area contributed by atoms with E-state index in [2.05, 4.69) is 0 Å². The Morgan fingerprint density at radius 2 is 1.38 bits per heavy atom. The summed E-state index contributed by atoms with van der Waals surface area (Å²) >= 11 is 12.2. The minimum atomic E-state index is -5.11. The number of anilines is 2. The molecule has 2 amide bonds. The smallest absolute Gasteiger partial charge is 0.305 e. The Kier molecular flexibility index (Phi) is 7.66. The molecule has 0 saturated carbocycles. The van der Waals surface area contributed by atoms with Crippen LogP contribution in [0.15, 0.2) is 60.7 Å². The third-order valence-corrected chi connectivity index (χ3v) is 6.91. The molecular formula is C27H20Cl2F6N2O2. The number of carbonyl (C=O) groups excluding carboxylic acids is 2. The number of rotatable bonds is 3. The van der Waals surface area contributed by atoms with Gasteiger partial charge < -0.3 is 9.80 Å². The summed E-state index contributed by atoms with van der Waals surface area (Å²) < 4.78 is 80.7. The second-order valence-corrected chi connectivity index (χ2v) is 10.0. The molecule has 1 aliphatic heterocycles.